The summed E-state index contributed by atoms with van der Waals surface area (Å²) in [5.41, 5.74) is 1.40. The van der Waals surface area contributed by atoms with E-state index in [1.165, 1.54) is 21.6 Å². The predicted octanol–water partition coefficient (Wildman–Crippen LogP) is 2.60. The number of rotatable bonds is 3. The molecule has 2 saturated heterocycles. The maximum Gasteiger partial charge on any atom is 0.407 e. The number of nitrogens with one attached hydrogen (secondary N) is 1. The Labute approximate surface area is 191 Å². The summed E-state index contributed by atoms with van der Waals surface area (Å²) in [4.78, 5) is 34.1. The highest BCUT2D eigenvalue weighted by atomic mass is 32.2. The third-order valence-corrected chi connectivity index (χ3v) is 7.35. The average molecular weight is 462 g/mol. The van der Waals surface area contributed by atoms with Crippen molar-refractivity contribution >= 4 is 35.0 Å². The van der Waals surface area contributed by atoms with Crippen molar-refractivity contribution in [2.24, 2.45) is 4.99 Å². The molecule has 0 aromatic heterocycles. The lowest BCUT2D eigenvalue weighted by Crippen LogP contribution is -2.52. The molecule has 0 saturated carbocycles. The Balaban J connectivity index is 1.63. The molecule has 0 bridgehead atoms. The third kappa shape index (κ3) is 4.53. The molecular weight excluding hydrogens is 433 g/mol. The van der Waals surface area contributed by atoms with E-state index in [0.29, 0.717) is 21.2 Å². The SMILES string of the molecule is CN(C)C1(F)CCN(C(=O)O)C(c2ccccc2/C=C2\SC(N3CCNCC3)=NC2=O)C1. The van der Waals surface area contributed by atoms with Crippen molar-refractivity contribution in [3.8, 4) is 0 Å². The molecule has 32 heavy (non-hydrogen) atoms. The maximum atomic E-state index is 15.5. The van der Waals surface area contributed by atoms with E-state index >= 15 is 4.39 Å². The number of carbonyl (C=O) groups excluding carboxylic acids is 1. The van der Waals surface area contributed by atoms with Crippen LogP contribution < -0.4 is 5.32 Å². The molecule has 172 valence electrons. The minimum Gasteiger partial charge on any atom is -0.465 e. The number of hydrogen-bond donors (Lipinski definition) is 2. The molecule has 8 nitrogen and oxygen atoms in total. The van der Waals surface area contributed by atoms with Crippen molar-refractivity contribution in [3.05, 3.63) is 40.3 Å². The molecule has 3 heterocycles. The van der Waals surface area contributed by atoms with Crippen molar-refractivity contribution in [1.82, 2.24) is 20.0 Å². The number of thioether (sulfide) groups is 1. The van der Waals surface area contributed by atoms with Crippen LogP contribution in [0, 0.1) is 0 Å². The summed E-state index contributed by atoms with van der Waals surface area (Å²) in [5, 5.41) is 13.7. The quantitative estimate of drug-likeness (QED) is 0.528. The lowest BCUT2D eigenvalue weighted by Gasteiger charge is -2.44. The second-order valence-electron chi connectivity index (χ2n) is 8.43. The zero-order chi connectivity index (χ0) is 22.9. The first-order valence-corrected chi connectivity index (χ1v) is 11.5. The Morgan fingerprint density at radius 3 is 2.72 bits per heavy atom. The van der Waals surface area contributed by atoms with E-state index in [1.54, 1.807) is 20.2 Å². The van der Waals surface area contributed by atoms with Gasteiger partial charge in [-0.15, -0.1) is 0 Å². The van der Waals surface area contributed by atoms with Crippen LogP contribution in [0.1, 0.15) is 30.0 Å². The van der Waals surface area contributed by atoms with E-state index < -0.39 is 17.9 Å². The molecule has 3 aliphatic heterocycles. The normalized spacial score (nSPS) is 27.9. The highest BCUT2D eigenvalue weighted by Crippen LogP contribution is 2.42. The fraction of sp³-hybridized carbons (Fsp3) is 0.500. The summed E-state index contributed by atoms with van der Waals surface area (Å²) in [5.74, 6) is -1.90. The molecule has 2 fully saturated rings. The minimum absolute atomic E-state index is 0.0239. The van der Waals surface area contributed by atoms with Gasteiger partial charge in [-0.05, 0) is 43.1 Å². The molecule has 2 unspecified atom stereocenters. The van der Waals surface area contributed by atoms with Crippen LogP contribution in [0.5, 0.6) is 0 Å². The van der Waals surface area contributed by atoms with Gasteiger partial charge in [-0.3, -0.25) is 9.69 Å². The first-order valence-electron chi connectivity index (χ1n) is 10.7. The second kappa shape index (κ2) is 9.21. The van der Waals surface area contributed by atoms with E-state index in [0.717, 1.165) is 26.2 Å². The highest BCUT2D eigenvalue weighted by Gasteiger charge is 2.44. The van der Waals surface area contributed by atoms with Crippen molar-refractivity contribution in [2.75, 3.05) is 46.8 Å². The van der Waals surface area contributed by atoms with Crippen LogP contribution in [0.25, 0.3) is 6.08 Å². The van der Waals surface area contributed by atoms with Crippen molar-refractivity contribution in [2.45, 2.75) is 24.7 Å². The lowest BCUT2D eigenvalue weighted by atomic mass is 9.87. The molecule has 2 atom stereocenters. The number of carboxylic acid groups (broad SMARTS) is 1. The van der Waals surface area contributed by atoms with Gasteiger partial charge in [0.25, 0.3) is 5.91 Å². The van der Waals surface area contributed by atoms with Gasteiger partial charge in [0.1, 0.15) is 0 Å². The van der Waals surface area contributed by atoms with Gasteiger partial charge in [-0.25, -0.2) is 9.18 Å². The summed E-state index contributed by atoms with van der Waals surface area (Å²) < 4.78 is 15.5. The van der Waals surface area contributed by atoms with E-state index in [1.807, 2.05) is 24.3 Å². The van der Waals surface area contributed by atoms with Crippen molar-refractivity contribution in [1.29, 1.82) is 0 Å². The van der Waals surface area contributed by atoms with Gasteiger partial charge in [0.05, 0.1) is 10.9 Å². The Morgan fingerprint density at radius 1 is 1.31 bits per heavy atom. The Bertz CT molecular complexity index is 963. The number of amides is 2. The molecule has 3 aliphatic rings. The molecule has 2 amide bonds. The second-order valence-corrected chi connectivity index (χ2v) is 9.44. The minimum atomic E-state index is -1.60. The Kier molecular flexibility index (Phi) is 6.55. The number of halogens is 1. The number of piperazine rings is 1. The van der Waals surface area contributed by atoms with Gasteiger partial charge in [-0.2, -0.15) is 4.99 Å². The number of carbonyl (C=O) groups is 2. The average Bonchev–Trinajstić information content (AvgIpc) is 3.14. The first kappa shape index (κ1) is 22.8. The summed E-state index contributed by atoms with van der Waals surface area (Å²) in [7, 11) is 3.34. The number of amidine groups is 1. The maximum absolute atomic E-state index is 15.5. The molecule has 4 rings (SSSR count). The molecule has 0 radical (unpaired) electrons. The molecule has 0 aliphatic carbocycles. The lowest BCUT2D eigenvalue weighted by molar-refractivity contribution is -0.113. The number of hydrogen-bond acceptors (Lipinski definition) is 6. The largest absolute Gasteiger partial charge is 0.465 e. The van der Waals surface area contributed by atoms with E-state index in [2.05, 4.69) is 15.2 Å². The van der Waals surface area contributed by atoms with E-state index in [9.17, 15) is 14.7 Å². The third-order valence-electron chi connectivity index (χ3n) is 6.30. The van der Waals surface area contributed by atoms with Gasteiger partial charge in [0.2, 0.25) is 0 Å². The summed E-state index contributed by atoms with van der Waals surface area (Å²) >= 11 is 1.33. The molecule has 1 aromatic carbocycles. The predicted molar refractivity (Wildman–Crippen MR) is 123 cm³/mol. The van der Waals surface area contributed by atoms with Crippen molar-refractivity contribution in [3.63, 3.8) is 0 Å². The molecule has 1 aromatic rings. The zero-order valence-corrected chi connectivity index (χ0v) is 19.1. The first-order chi connectivity index (χ1) is 15.3. The highest BCUT2D eigenvalue weighted by molar-refractivity contribution is 8.18. The number of benzene rings is 1. The summed E-state index contributed by atoms with van der Waals surface area (Å²) in [6.07, 6.45) is 0.817. The number of nitrogens with zero attached hydrogens (tertiary/aromatic N) is 4. The van der Waals surface area contributed by atoms with E-state index in [-0.39, 0.29) is 25.3 Å². The number of aliphatic imine (C=N–C) groups is 1. The van der Waals surface area contributed by atoms with Crippen LogP contribution in [-0.4, -0.2) is 89.6 Å². The Morgan fingerprint density at radius 2 is 2.03 bits per heavy atom. The zero-order valence-electron chi connectivity index (χ0n) is 18.3. The number of alkyl halides is 1. The van der Waals surface area contributed by atoms with E-state index in [4.69, 9.17) is 0 Å². The summed E-state index contributed by atoms with van der Waals surface area (Å²) in [6.45, 7) is 3.38. The van der Waals surface area contributed by atoms with Gasteiger partial charge in [0, 0.05) is 45.6 Å². The van der Waals surface area contributed by atoms with Crippen LogP contribution >= 0.6 is 11.8 Å². The molecule has 2 N–H and O–H groups in total. The van der Waals surface area contributed by atoms with Gasteiger partial charge in [0.15, 0.2) is 11.0 Å². The molecular formula is C22H28FN5O3S. The van der Waals surface area contributed by atoms with Crippen molar-refractivity contribution < 1.29 is 19.1 Å². The number of likely N-dealkylation sites (tertiary alicyclic amines) is 1. The van der Waals surface area contributed by atoms with Crippen LogP contribution in [0.4, 0.5) is 9.18 Å². The fourth-order valence-corrected chi connectivity index (χ4v) is 5.30. The summed E-state index contributed by atoms with van der Waals surface area (Å²) in [6, 6.07) is 6.64. The van der Waals surface area contributed by atoms with Crippen LogP contribution in [-0.2, 0) is 4.79 Å². The number of piperidine rings is 1. The molecule has 0 spiro atoms. The Hall–Kier alpha value is -2.43. The van der Waals surface area contributed by atoms with Crippen LogP contribution in [0.2, 0.25) is 0 Å². The van der Waals surface area contributed by atoms with Crippen LogP contribution in [0.15, 0.2) is 34.2 Å². The monoisotopic (exact) mass is 461 g/mol. The van der Waals surface area contributed by atoms with Crippen LogP contribution in [0.3, 0.4) is 0 Å². The molecule has 10 heteroatoms. The fourth-order valence-electron chi connectivity index (χ4n) is 4.35. The van der Waals surface area contributed by atoms with Gasteiger partial charge >= 0.3 is 6.09 Å². The smallest absolute Gasteiger partial charge is 0.407 e. The topological polar surface area (TPSA) is 88.5 Å². The van der Waals surface area contributed by atoms with Gasteiger partial charge in [-0.1, -0.05) is 24.3 Å². The van der Waals surface area contributed by atoms with Gasteiger partial charge < -0.3 is 20.2 Å². The standard InChI is InChI=1S/C22H28FN5O3S/c1-26(2)22(23)7-10-28(21(30)31)17(14-22)16-6-4-3-5-15(16)13-18-19(29)25-20(32-18)27-11-8-24-9-12-27/h3-6,13,17,24H,7-12,14H2,1-2H3,(H,30,31)/b18-13-.